The van der Waals surface area contributed by atoms with E-state index in [2.05, 4.69) is 20.6 Å². The predicted molar refractivity (Wildman–Crippen MR) is 97.6 cm³/mol. The van der Waals surface area contributed by atoms with Crippen LogP contribution < -0.4 is 5.32 Å². The highest BCUT2D eigenvalue weighted by Crippen LogP contribution is 2.37. The van der Waals surface area contributed by atoms with Gasteiger partial charge < -0.3 is 14.7 Å². The van der Waals surface area contributed by atoms with E-state index < -0.39 is 0 Å². The fourth-order valence-electron chi connectivity index (χ4n) is 4.46. The molecule has 4 heterocycles. The van der Waals surface area contributed by atoms with Crippen molar-refractivity contribution in [2.45, 2.75) is 25.8 Å². The summed E-state index contributed by atoms with van der Waals surface area (Å²) in [6, 6.07) is 5.30. The predicted octanol–water partition coefficient (Wildman–Crippen LogP) is 1.31. The summed E-state index contributed by atoms with van der Waals surface area (Å²) >= 11 is 0. The van der Waals surface area contributed by atoms with Crippen LogP contribution in [-0.4, -0.2) is 55.6 Å². The fraction of sp³-hybridized carbons (Fsp3) is 0.421. The molecule has 1 saturated carbocycles. The molecule has 3 aromatic heterocycles. The van der Waals surface area contributed by atoms with Crippen molar-refractivity contribution in [2.75, 3.05) is 13.1 Å². The van der Waals surface area contributed by atoms with Crippen LogP contribution in [0.5, 0.6) is 0 Å². The molecule has 1 N–H and O–H groups in total. The van der Waals surface area contributed by atoms with Crippen LogP contribution in [0.2, 0.25) is 0 Å². The number of hydrogen-bond donors (Lipinski definition) is 1. The molecular weight excluding hydrogens is 360 g/mol. The number of hydrogen-bond acceptors (Lipinski definition) is 6. The SMILES string of the molecule is Cc1cc(C(=O)NC2[C@@H]3CC[C@H]2CN(C(=O)c2cnc4cccnn24)C3)no1. The minimum atomic E-state index is -0.218. The van der Waals surface area contributed by atoms with Crippen LogP contribution in [0.25, 0.3) is 5.65 Å². The van der Waals surface area contributed by atoms with E-state index in [1.165, 1.54) is 0 Å². The molecule has 28 heavy (non-hydrogen) atoms. The third-order valence-corrected chi connectivity index (χ3v) is 5.78. The monoisotopic (exact) mass is 380 g/mol. The Hall–Kier alpha value is -3.23. The second-order valence-corrected chi connectivity index (χ2v) is 7.57. The van der Waals surface area contributed by atoms with Crippen molar-refractivity contribution in [1.29, 1.82) is 0 Å². The van der Waals surface area contributed by atoms with E-state index in [9.17, 15) is 9.59 Å². The van der Waals surface area contributed by atoms with Crippen LogP contribution in [0.3, 0.4) is 0 Å². The van der Waals surface area contributed by atoms with E-state index >= 15 is 0 Å². The van der Waals surface area contributed by atoms with Gasteiger partial charge in [0.05, 0.1) is 6.20 Å². The van der Waals surface area contributed by atoms with Crippen LogP contribution in [0.1, 0.15) is 39.6 Å². The van der Waals surface area contributed by atoms with Gasteiger partial charge in [0.25, 0.3) is 11.8 Å². The average molecular weight is 380 g/mol. The van der Waals surface area contributed by atoms with Crippen molar-refractivity contribution in [1.82, 2.24) is 30.0 Å². The molecule has 3 aromatic rings. The molecule has 5 rings (SSSR count). The van der Waals surface area contributed by atoms with Gasteiger partial charge in [-0.25, -0.2) is 9.50 Å². The van der Waals surface area contributed by atoms with E-state index in [-0.39, 0.29) is 29.7 Å². The van der Waals surface area contributed by atoms with Gasteiger partial charge in [0.1, 0.15) is 5.76 Å². The van der Waals surface area contributed by atoms with E-state index in [0.717, 1.165) is 12.8 Å². The highest BCUT2D eigenvalue weighted by Gasteiger charge is 2.44. The lowest BCUT2D eigenvalue weighted by atomic mass is 9.91. The lowest BCUT2D eigenvalue weighted by Crippen LogP contribution is -2.54. The minimum absolute atomic E-state index is 0.0499. The third kappa shape index (κ3) is 2.74. The second-order valence-electron chi connectivity index (χ2n) is 7.57. The first-order chi connectivity index (χ1) is 13.6. The van der Waals surface area contributed by atoms with Crippen LogP contribution in [0.4, 0.5) is 0 Å². The summed E-state index contributed by atoms with van der Waals surface area (Å²) in [6.45, 7) is 2.98. The molecule has 2 fully saturated rings. The molecule has 0 aromatic carbocycles. The zero-order chi connectivity index (χ0) is 19.3. The Balaban J connectivity index is 1.31. The van der Waals surface area contributed by atoms with Gasteiger partial charge >= 0.3 is 0 Å². The molecule has 2 amide bonds. The largest absolute Gasteiger partial charge is 0.361 e. The molecule has 9 nitrogen and oxygen atoms in total. The molecule has 3 atom stereocenters. The van der Waals surface area contributed by atoms with Crippen LogP contribution in [0.15, 0.2) is 35.1 Å². The lowest BCUT2D eigenvalue weighted by Gasteiger charge is -2.38. The highest BCUT2D eigenvalue weighted by atomic mass is 16.5. The number of aryl methyl sites for hydroxylation is 1. The van der Waals surface area contributed by atoms with Crippen molar-refractivity contribution in [3.8, 4) is 0 Å². The number of rotatable bonds is 3. The maximum Gasteiger partial charge on any atom is 0.274 e. The third-order valence-electron chi connectivity index (χ3n) is 5.78. The number of carbonyl (C=O) groups is 2. The quantitative estimate of drug-likeness (QED) is 0.734. The van der Waals surface area contributed by atoms with Gasteiger partial charge in [0.15, 0.2) is 17.0 Å². The van der Waals surface area contributed by atoms with Gasteiger partial charge in [-0.15, -0.1) is 0 Å². The van der Waals surface area contributed by atoms with Crippen molar-refractivity contribution in [3.05, 3.63) is 47.7 Å². The number of fused-ring (bicyclic) bond motifs is 3. The van der Waals surface area contributed by atoms with Gasteiger partial charge in [-0.3, -0.25) is 9.59 Å². The summed E-state index contributed by atoms with van der Waals surface area (Å²) in [5.41, 5.74) is 1.42. The standard InChI is InChI=1S/C19H20N6O3/c1-11-7-14(23-28-11)18(26)22-17-12-4-5-13(17)10-24(9-12)19(27)15-8-20-16-3-2-6-21-25(15)16/h2-3,6-8,12-13,17H,4-5,9-10H2,1H3,(H,22,26)/t12-,13+,17?. The van der Waals surface area contributed by atoms with Crippen LogP contribution >= 0.6 is 0 Å². The first-order valence-electron chi connectivity index (χ1n) is 9.42. The molecule has 144 valence electrons. The van der Waals surface area contributed by atoms with Crippen molar-refractivity contribution < 1.29 is 14.1 Å². The smallest absolute Gasteiger partial charge is 0.274 e. The first kappa shape index (κ1) is 16.9. The summed E-state index contributed by atoms with van der Waals surface area (Å²) in [7, 11) is 0. The average Bonchev–Trinajstić information content (AvgIpc) is 3.37. The first-order valence-corrected chi connectivity index (χ1v) is 9.42. The molecule has 1 aliphatic carbocycles. The summed E-state index contributed by atoms with van der Waals surface area (Å²) in [5, 5.41) is 11.1. The Kier molecular flexibility index (Phi) is 3.88. The summed E-state index contributed by atoms with van der Waals surface area (Å²) in [6.07, 6.45) is 5.20. The van der Waals surface area contributed by atoms with Gasteiger partial charge in [0.2, 0.25) is 0 Å². The number of nitrogens with one attached hydrogen (secondary N) is 1. The van der Waals surface area contributed by atoms with E-state index in [4.69, 9.17) is 4.52 Å². The van der Waals surface area contributed by atoms with E-state index in [1.807, 2.05) is 11.0 Å². The number of aromatic nitrogens is 4. The molecule has 9 heteroatoms. The molecular formula is C19H20N6O3. The number of amides is 2. The zero-order valence-corrected chi connectivity index (χ0v) is 15.4. The topological polar surface area (TPSA) is 106 Å². The molecule has 1 aliphatic heterocycles. The number of piperidine rings is 1. The van der Waals surface area contributed by atoms with Crippen LogP contribution in [0, 0.1) is 18.8 Å². The van der Waals surface area contributed by atoms with Crippen molar-refractivity contribution >= 4 is 17.5 Å². The van der Waals surface area contributed by atoms with Crippen molar-refractivity contribution in [3.63, 3.8) is 0 Å². The van der Waals surface area contributed by atoms with Gasteiger partial charge in [-0.1, -0.05) is 5.16 Å². The normalized spacial score (nSPS) is 23.9. The number of likely N-dealkylation sites (tertiary alicyclic amines) is 1. The molecule has 2 aliphatic rings. The Labute approximate surface area is 160 Å². The van der Waals surface area contributed by atoms with Gasteiger partial charge in [-0.05, 0) is 43.7 Å². The molecule has 1 unspecified atom stereocenters. The Bertz CT molecular complexity index is 1040. The maximum atomic E-state index is 13.1. The van der Waals surface area contributed by atoms with Gasteiger partial charge in [-0.2, -0.15) is 5.10 Å². The lowest BCUT2D eigenvalue weighted by molar-refractivity contribution is 0.0589. The van der Waals surface area contributed by atoms with Crippen molar-refractivity contribution in [2.24, 2.45) is 11.8 Å². The number of nitrogens with zero attached hydrogens (tertiary/aromatic N) is 5. The zero-order valence-electron chi connectivity index (χ0n) is 15.4. The fourth-order valence-corrected chi connectivity index (χ4v) is 4.46. The molecule has 2 bridgehead atoms. The Morgan fingerprint density at radius 2 is 2.04 bits per heavy atom. The van der Waals surface area contributed by atoms with Gasteiger partial charge in [0, 0.05) is 31.4 Å². The Morgan fingerprint density at radius 3 is 2.75 bits per heavy atom. The van der Waals surface area contributed by atoms with E-state index in [1.54, 1.807) is 36.0 Å². The Morgan fingerprint density at radius 1 is 1.25 bits per heavy atom. The summed E-state index contributed by atoms with van der Waals surface area (Å²) in [4.78, 5) is 31.6. The summed E-state index contributed by atoms with van der Waals surface area (Å²) < 4.78 is 6.57. The number of carbonyl (C=O) groups excluding carboxylic acids is 2. The highest BCUT2D eigenvalue weighted by molar-refractivity contribution is 5.94. The maximum absolute atomic E-state index is 13.1. The van der Waals surface area contributed by atoms with E-state index in [0.29, 0.717) is 35.9 Å². The minimum Gasteiger partial charge on any atom is -0.361 e. The molecule has 0 radical (unpaired) electrons. The van der Waals surface area contributed by atoms with Crippen LogP contribution in [-0.2, 0) is 0 Å². The molecule has 0 spiro atoms. The number of imidazole rings is 1. The second kappa shape index (κ2) is 6.43. The summed E-state index contributed by atoms with van der Waals surface area (Å²) in [5.74, 6) is 0.776. The molecule has 1 saturated heterocycles.